The van der Waals surface area contributed by atoms with Crippen molar-refractivity contribution in [2.45, 2.75) is 31.1 Å². The average Bonchev–Trinajstić information content (AvgIpc) is 3.53. The van der Waals surface area contributed by atoms with Crippen LogP contribution in [0.1, 0.15) is 34.3 Å². The number of alkyl halides is 3. The molecule has 4 aromatic rings. The summed E-state index contributed by atoms with van der Waals surface area (Å²) in [6.45, 7) is 6.94. The molecule has 0 unspecified atom stereocenters. The molecular formula is C28H18F4N6O2S. The number of aromatic amines is 1. The van der Waals surface area contributed by atoms with Crippen molar-refractivity contribution in [3.63, 3.8) is 0 Å². The fourth-order valence-electron chi connectivity index (χ4n) is 4.98. The van der Waals surface area contributed by atoms with Gasteiger partial charge in [0.15, 0.2) is 10.8 Å². The van der Waals surface area contributed by atoms with Gasteiger partial charge in [0, 0.05) is 34.4 Å². The highest BCUT2D eigenvalue weighted by Gasteiger charge is 2.64. The van der Waals surface area contributed by atoms with E-state index >= 15 is 4.39 Å². The zero-order valence-electron chi connectivity index (χ0n) is 20.9. The first-order chi connectivity index (χ1) is 19.5. The van der Waals surface area contributed by atoms with Crippen LogP contribution in [-0.4, -0.2) is 32.7 Å². The number of nitrogens with one attached hydrogen (secondary N) is 2. The number of anilines is 2. The summed E-state index contributed by atoms with van der Waals surface area (Å²) in [5.74, 6) is -1.58. The maximum Gasteiger partial charge on any atom is 0.407 e. The topological polar surface area (TPSA) is 85.7 Å². The predicted octanol–water partition coefficient (Wildman–Crippen LogP) is 5.87. The van der Waals surface area contributed by atoms with Gasteiger partial charge in [-0.1, -0.05) is 12.1 Å². The quantitative estimate of drug-likeness (QED) is 0.176. The predicted molar refractivity (Wildman–Crippen MR) is 146 cm³/mol. The third-order valence-corrected chi connectivity index (χ3v) is 7.60. The van der Waals surface area contributed by atoms with E-state index < -0.39 is 40.6 Å². The maximum atomic E-state index is 15.2. The molecule has 2 aliphatic rings. The number of nitrogens with zero attached hydrogens (tertiary/aromatic N) is 4. The first kappa shape index (κ1) is 26.4. The fourth-order valence-corrected chi connectivity index (χ4v) is 5.45. The van der Waals surface area contributed by atoms with Crippen molar-refractivity contribution in [2.75, 3.05) is 9.80 Å². The second-order valence-corrected chi connectivity index (χ2v) is 10.1. The second kappa shape index (κ2) is 9.38. The molecule has 3 aromatic carbocycles. The Balaban J connectivity index is 1.24. The van der Waals surface area contributed by atoms with E-state index in [1.54, 1.807) is 30.5 Å². The van der Waals surface area contributed by atoms with E-state index in [4.69, 9.17) is 18.8 Å². The van der Waals surface area contributed by atoms with E-state index in [0.29, 0.717) is 18.4 Å². The summed E-state index contributed by atoms with van der Waals surface area (Å²) in [5, 5.41) is 10.1. The van der Waals surface area contributed by atoms with Gasteiger partial charge in [-0.15, -0.1) is 0 Å². The van der Waals surface area contributed by atoms with Crippen LogP contribution < -0.4 is 15.1 Å². The molecule has 6 rings (SSSR count). The molecule has 1 aliphatic heterocycles. The summed E-state index contributed by atoms with van der Waals surface area (Å²) in [4.78, 5) is 31.5. The number of hydrogen-bond acceptors (Lipinski definition) is 4. The van der Waals surface area contributed by atoms with Gasteiger partial charge in [0.2, 0.25) is 0 Å². The van der Waals surface area contributed by atoms with Gasteiger partial charge in [-0.25, -0.2) is 9.24 Å². The molecule has 2 fully saturated rings. The molecule has 13 heteroatoms. The summed E-state index contributed by atoms with van der Waals surface area (Å²) in [7, 11) is 0. The van der Waals surface area contributed by atoms with Crippen LogP contribution >= 0.6 is 12.2 Å². The minimum absolute atomic E-state index is 0.0914. The van der Waals surface area contributed by atoms with E-state index in [-0.39, 0.29) is 28.6 Å². The number of benzene rings is 3. The number of amides is 2. The Morgan fingerprint density at radius 2 is 1.88 bits per heavy atom. The Hall–Kier alpha value is -4.83. The Morgan fingerprint density at radius 3 is 2.56 bits per heavy atom. The van der Waals surface area contributed by atoms with Gasteiger partial charge >= 0.3 is 6.18 Å². The monoisotopic (exact) mass is 578 g/mol. The molecule has 8 nitrogen and oxygen atoms in total. The summed E-state index contributed by atoms with van der Waals surface area (Å²) < 4.78 is 56.0. The maximum absolute atomic E-state index is 15.2. The molecule has 0 radical (unpaired) electrons. The van der Waals surface area contributed by atoms with Crippen LogP contribution in [0.4, 0.5) is 34.6 Å². The van der Waals surface area contributed by atoms with Crippen LogP contribution in [0.3, 0.4) is 0 Å². The van der Waals surface area contributed by atoms with Crippen LogP contribution in [-0.2, 0) is 17.5 Å². The molecule has 1 saturated heterocycles. The zero-order valence-corrected chi connectivity index (χ0v) is 21.7. The number of carbonyl (C=O) groups is 2. The van der Waals surface area contributed by atoms with Crippen LogP contribution in [0.2, 0.25) is 0 Å². The van der Waals surface area contributed by atoms with Gasteiger partial charge in [0.1, 0.15) is 11.4 Å². The molecular weight excluding hydrogens is 560 g/mol. The van der Waals surface area contributed by atoms with E-state index in [1.165, 1.54) is 23.1 Å². The number of thiocarbonyl (C=S) groups is 1. The minimum atomic E-state index is -4.81. The largest absolute Gasteiger partial charge is 0.407 e. The lowest BCUT2D eigenvalue weighted by atomic mass is 10.1. The Bertz CT molecular complexity index is 1810. The van der Waals surface area contributed by atoms with E-state index in [2.05, 4.69) is 20.4 Å². The van der Waals surface area contributed by atoms with Crippen molar-refractivity contribution in [1.29, 1.82) is 0 Å². The number of aromatic nitrogens is 2. The van der Waals surface area contributed by atoms with Gasteiger partial charge in [-0.05, 0) is 67.5 Å². The van der Waals surface area contributed by atoms with Crippen molar-refractivity contribution in [3.8, 4) is 0 Å². The smallest absolute Gasteiger partial charge is 0.348 e. The molecule has 2 amide bonds. The first-order valence-corrected chi connectivity index (χ1v) is 12.7. The minimum Gasteiger partial charge on any atom is -0.348 e. The number of fused-ring (bicyclic) bond motifs is 1. The second-order valence-electron chi connectivity index (χ2n) is 9.73. The highest BCUT2D eigenvalue weighted by molar-refractivity contribution is 7.81. The average molecular weight is 579 g/mol. The number of H-pyrrole nitrogens is 1. The number of halogens is 4. The molecule has 1 aliphatic carbocycles. The number of hydrogen-bond donors (Lipinski definition) is 2. The molecule has 1 spiro atoms. The SMILES string of the molecule is [C-]#[N+]c1ccc(N2C(=O)C3(CC3)N(c3ccc(CNC(=O)c4ccc5[nH]ncc5c4)c(F)c3)C2=S)cc1C(F)(F)F. The number of rotatable bonds is 5. The van der Waals surface area contributed by atoms with Gasteiger partial charge in [-0.3, -0.25) is 19.6 Å². The molecule has 0 bridgehead atoms. The molecule has 2 N–H and O–H groups in total. The Kier molecular flexibility index (Phi) is 6.04. The van der Waals surface area contributed by atoms with Gasteiger partial charge in [-0.2, -0.15) is 18.3 Å². The highest BCUT2D eigenvalue weighted by atomic mass is 32.1. The van der Waals surface area contributed by atoms with Crippen molar-refractivity contribution in [1.82, 2.24) is 15.5 Å². The van der Waals surface area contributed by atoms with Gasteiger partial charge in [0.25, 0.3) is 11.8 Å². The molecule has 41 heavy (non-hydrogen) atoms. The third-order valence-electron chi connectivity index (χ3n) is 7.24. The lowest BCUT2D eigenvalue weighted by Gasteiger charge is -2.24. The summed E-state index contributed by atoms with van der Waals surface area (Å²) >= 11 is 5.54. The van der Waals surface area contributed by atoms with Crippen LogP contribution in [0.25, 0.3) is 15.7 Å². The van der Waals surface area contributed by atoms with Gasteiger partial charge in [0.05, 0.1) is 23.8 Å². The van der Waals surface area contributed by atoms with E-state index in [1.807, 2.05) is 0 Å². The van der Waals surface area contributed by atoms with Crippen molar-refractivity contribution < 1.29 is 27.2 Å². The van der Waals surface area contributed by atoms with Crippen molar-refractivity contribution in [2.24, 2.45) is 0 Å². The zero-order chi connectivity index (χ0) is 29.1. The molecule has 206 valence electrons. The van der Waals surface area contributed by atoms with Crippen LogP contribution in [0.15, 0.2) is 60.8 Å². The molecule has 2 heterocycles. The summed E-state index contributed by atoms with van der Waals surface area (Å²) in [5.41, 5.74) is -1.41. The lowest BCUT2D eigenvalue weighted by Crippen LogP contribution is -2.37. The van der Waals surface area contributed by atoms with Crippen LogP contribution in [0.5, 0.6) is 0 Å². The third kappa shape index (κ3) is 4.36. The normalized spacial score (nSPS) is 16.0. The van der Waals surface area contributed by atoms with E-state index in [0.717, 1.165) is 27.9 Å². The Morgan fingerprint density at radius 1 is 1.12 bits per heavy atom. The molecule has 0 atom stereocenters. The Labute approximate surface area is 235 Å². The van der Waals surface area contributed by atoms with E-state index in [9.17, 15) is 22.8 Å². The lowest BCUT2D eigenvalue weighted by molar-refractivity contribution is -0.136. The fraction of sp³-hybridized carbons (Fsp3) is 0.179. The van der Waals surface area contributed by atoms with Crippen LogP contribution in [0, 0.1) is 12.4 Å². The standard InChI is InChI=1S/C28H18F4N6O2S/c1-33-23-7-5-18(11-20(23)28(30,31)32)37-25(40)27(8-9-27)38(26(37)41)19-4-2-16(21(29)12-19)13-34-24(39)15-3-6-22-17(10-15)14-35-36-22/h2-7,10-12,14H,8-9,13H2,(H,34,39)(H,35,36). The van der Waals surface area contributed by atoms with Gasteiger partial charge < -0.3 is 10.2 Å². The molecule has 1 saturated carbocycles. The van der Waals surface area contributed by atoms with Crippen molar-refractivity contribution in [3.05, 3.63) is 94.7 Å². The molecule has 1 aromatic heterocycles. The van der Waals surface area contributed by atoms with Crippen molar-refractivity contribution >= 4 is 57.1 Å². The highest BCUT2D eigenvalue weighted by Crippen LogP contribution is 2.52. The summed E-state index contributed by atoms with van der Waals surface area (Å²) in [6, 6.07) is 12.2. The first-order valence-electron chi connectivity index (χ1n) is 12.3. The summed E-state index contributed by atoms with van der Waals surface area (Å²) in [6.07, 6.45) is -2.45. The number of carbonyl (C=O) groups excluding carboxylic acids is 2.